The number of sulfonamides is 1. The van der Waals surface area contributed by atoms with E-state index in [2.05, 4.69) is 20.7 Å². The molecule has 2 aromatic carbocycles. The number of halogens is 1. The maximum Gasteiger partial charge on any atom is 0.336 e. The van der Waals surface area contributed by atoms with Crippen molar-refractivity contribution in [2.75, 3.05) is 10.5 Å². The molecular weight excluding hydrogens is 382 g/mol. The number of carbonyl (C=O) groups is 1. The monoisotopic (exact) mass is 397 g/mol. The lowest BCUT2D eigenvalue weighted by atomic mass is 10.0. The molecule has 0 aliphatic heterocycles. The molecule has 0 fully saturated rings. The van der Waals surface area contributed by atoms with Gasteiger partial charge in [-0.2, -0.15) is 0 Å². The van der Waals surface area contributed by atoms with E-state index in [1.165, 1.54) is 18.2 Å². The third-order valence-electron chi connectivity index (χ3n) is 3.31. The summed E-state index contributed by atoms with van der Waals surface area (Å²) in [5, 5.41) is 9.08. The summed E-state index contributed by atoms with van der Waals surface area (Å²) < 4.78 is 27.4. The van der Waals surface area contributed by atoms with Gasteiger partial charge >= 0.3 is 5.97 Å². The predicted molar refractivity (Wildman–Crippen MR) is 93.4 cm³/mol. The van der Waals surface area contributed by atoms with Gasteiger partial charge in [-0.3, -0.25) is 4.72 Å². The molecule has 0 saturated heterocycles. The first-order valence-corrected chi connectivity index (χ1v) is 9.31. The van der Waals surface area contributed by atoms with Crippen molar-refractivity contribution >= 4 is 37.6 Å². The van der Waals surface area contributed by atoms with Gasteiger partial charge < -0.3 is 5.11 Å². The molecular formula is C16H16BrNO4S. The van der Waals surface area contributed by atoms with Crippen molar-refractivity contribution < 1.29 is 18.3 Å². The molecule has 7 heteroatoms. The second-order valence-corrected chi connectivity index (χ2v) is 7.82. The molecule has 0 amide bonds. The molecule has 2 rings (SSSR count). The molecule has 1 atom stereocenters. The molecule has 0 aromatic heterocycles. The number of benzene rings is 2. The van der Waals surface area contributed by atoms with Gasteiger partial charge in [-0.15, -0.1) is 0 Å². The Bertz CT molecular complexity index is 806. The highest BCUT2D eigenvalue weighted by Gasteiger charge is 2.18. The Morgan fingerprint density at radius 1 is 1.22 bits per heavy atom. The fraction of sp³-hybridized carbons (Fsp3) is 0.188. The number of hydrogen-bond acceptors (Lipinski definition) is 3. The highest BCUT2D eigenvalue weighted by atomic mass is 79.9. The van der Waals surface area contributed by atoms with E-state index < -0.39 is 16.0 Å². The summed E-state index contributed by atoms with van der Waals surface area (Å²) in [6, 6.07) is 13.7. The minimum atomic E-state index is -3.60. The highest BCUT2D eigenvalue weighted by Crippen LogP contribution is 2.23. The van der Waals surface area contributed by atoms with Crippen LogP contribution >= 0.6 is 15.9 Å². The van der Waals surface area contributed by atoms with Crippen LogP contribution in [0.5, 0.6) is 0 Å². The van der Waals surface area contributed by atoms with Gasteiger partial charge in [0.1, 0.15) is 0 Å². The number of nitrogens with one attached hydrogen (secondary N) is 1. The van der Waals surface area contributed by atoms with Crippen LogP contribution in [0.3, 0.4) is 0 Å². The van der Waals surface area contributed by atoms with Gasteiger partial charge in [-0.1, -0.05) is 37.3 Å². The zero-order valence-corrected chi connectivity index (χ0v) is 14.8. The molecule has 0 radical (unpaired) electrons. The second kappa shape index (κ2) is 7.14. The standard InChI is InChI=1S/C16H16BrNO4S/c1-11(12-5-3-2-4-6-12)10-23(21,22)18-13-7-8-15(17)14(9-13)16(19)20/h2-9,11,18H,10H2,1H3,(H,19,20). The van der Waals surface area contributed by atoms with Crippen LogP contribution in [-0.2, 0) is 10.0 Å². The third kappa shape index (κ3) is 4.80. The van der Waals surface area contributed by atoms with Crippen LogP contribution in [0.1, 0.15) is 28.8 Å². The minimum Gasteiger partial charge on any atom is -0.478 e. The van der Waals surface area contributed by atoms with Crippen LogP contribution in [-0.4, -0.2) is 25.2 Å². The molecule has 0 saturated carbocycles. The summed E-state index contributed by atoms with van der Waals surface area (Å²) in [6.07, 6.45) is 0. The molecule has 2 aromatic rings. The first-order valence-electron chi connectivity index (χ1n) is 6.87. The largest absolute Gasteiger partial charge is 0.478 e. The maximum atomic E-state index is 12.3. The highest BCUT2D eigenvalue weighted by molar-refractivity contribution is 9.10. The molecule has 0 bridgehead atoms. The van der Waals surface area contributed by atoms with Gasteiger partial charge in [0.05, 0.1) is 11.3 Å². The molecule has 5 nitrogen and oxygen atoms in total. The van der Waals surface area contributed by atoms with Gasteiger partial charge in [-0.05, 0) is 45.6 Å². The van der Waals surface area contributed by atoms with E-state index in [1.54, 1.807) is 0 Å². The van der Waals surface area contributed by atoms with Crippen molar-refractivity contribution in [1.29, 1.82) is 0 Å². The van der Waals surface area contributed by atoms with Crippen LogP contribution in [0.4, 0.5) is 5.69 Å². The Hall–Kier alpha value is -1.86. The zero-order valence-electron chi connectivity index (χ0n) is 12.4. The van der Waals surface area contributed by atoms with E-state index in [4.69, 9.17) is 5.11 Å². The van der Waals surface area contributed by atoms with Crippen LogP contribution < -0.4 is 4.72 Å². The van der Waals surface area contributed by atoms with Crippen LogP contribution in [0.25, 0.3) is 0 Å². The summed E-state index contributed by atoms with van der Waals surface area (Å²) in [5.41, 5.74) is 1.16. The topological polar surface area (TPSA) is 83.5 Å². The van der Waals surface area contributed by atoms with Gasteiger partial charge in [0.25, 0.3) is 0 Å². The lowest BCUT2D eigenvalue weighted by Gasteiger charge is -2.14. The number of rotatable bonds is 6. The lowest BCUT2D eigenvalue weighted by molar-refractivity contribution is 0.0696. The molecule has 0 aliphatic rings. The Morgan fingerprint density at radius 3 is 2.48 bits per heavy atom. The normalized spacial score (nSPS) is 12.6. The summed E-state index contributed by atoms with van der Waals surface area (Å²) in [5.74, 6) is -1.39. The van der Waals surface area contributed by atoms with Crippen molar-refractivity contribution in [2.24, 2.45) is 0 Å². The Labute approximate surface area is 143 Å². The van der Waals surface area contributed by atoms with E-state index in [0.717, 1.165) is 5.56 Å². The number of aromatic carboxylic acids is 1. The number of anilines is 1. The fourth-order valence-electron chi connectivity index (χ4n) is 2.18. The molecule has 0 spiro atoms. The summed E-state index contributed by atoms with van der Waals surface area (Å²) in [7, 11) is -3.60. The van der Waals surface area contributed by atoms with Crippen LogP contribution in [0.15, 0.2) is 53.0 Å². The molecule has 0 aliphatic carbocycles. The molecule has 23 heavy (non-hydrogen) atoms. The number of carboxylic acids is 1. The second-order valence-electron chi connectivity index (χ2n) is 5.19. The van der Waals surface area contributed by atoms with Gasteiger partial charge in [0.2, 0.25) is 10.0 Å². The third-order valence-corrected chi connectivity index (χ3v) is 5.49. The molecule has 1 unspecified atom stereocenters. The smallest absolute Gasteiger partial charge is 0.336 e. The maximum absolute atomic E-state index is 12.3. The first kappa shape index (κ1) is 17.5. The Morgan fingerprint density at radius 2 is 1.87 bits per heavy atom. The van der Waals surface area contributed by atoms with Crippen molar-refractivity contribution in [2.45, 2.75) is 12.8 Å². The van der Waals surface area contributed by atoms with Crippen LogP contribution in [0.2, 0.25) is 0 Å². The van der Waals surface area contributed by atoms with E-state index in [9.17, 15) is 13.2 Å². The quantitative estimate of drug-likeness (QED) is 0.778. The van der Waals surface area contributed by atoms with Crippen molar-refractivity contribution in [1.82, 2.24) is 0 Å². The number of carboxylic acid groups (broad SMARTS) is 1. The van der Waals surface area contributed by atoms with E-state index in [0.29, 0.717) is 4.47 Å². The number of hydrogen-bond donors (Lipinski definition) is 2. The van der Waals surface area contributed by atoms with Crippen molar-refractivity contribution in [3.8, 4) is 0 Å². The molecule has 2 N–H and O–H groups in total. The molecule has 0 heterocycles. The molecule has 122 valence electrons. The van der Waals surface area contributed by atoms with Crippen LogP contribution in [0, 0.1) is 0 Å². The zero-order chi connectivity index (χ0) is 17.0. The van der Waals surface area contributed by atoms with E-state index in [-0.39, 0.29) is 22.9 Å². The SMILES string of the molecule is CC(CS(=O)(=O)Nc1ccc(Br)c(C(=O)O)c1)c1ccccc1. The summed E-state index contributed by atoms with van der Waals surface area (Å²) in [4.78, 5) is 11.1. The van der Waals surface area contributed by atoms with Gasteiger partial charge in [-0.25, -0.2) is 13.2 Å². The lowest BCUT2D eigenvalue weighted by Crippen LogP contribution is -2.20. The van der Waals surface area contributed by atoms with Gasteiger partial charge in [0.15, 0.2) is 0 Å². The first-order chi connectivity index (χ1) is 10.8. The fourth-order valence-corrected chi connectivity index (χ4v) is 4.02. The van der Waals surface area contributed by atoms with E-state index >= 15 is 0 Å². The Kier molecular flexibility index (Phi) is 5.43. The average molecular weight is 398 g/mol. The van der Waals surface area contributed by atoms with Crippen molar-refractivity contribution in [3.05, 3.63) is 64.1 Å². The van der Waals surface area contributed by atoms with Gasteiger partial charge in [0, 0.05) is 10.2 Å². The van der Waals surface area contributed by atoms with Crippen molar-refractivity contribution in [3.63, 3.8) is 0 Å². The average Bonchev–Trinajstić information content (AvgIpc) is 2.49. The summed E-state index contributed by atoms with van der Waals surface area (Å²) >= 11 is 3.12. The minimum absolute atomic E-state index is 0.00121. The Balaban J connectivity index is 2.15. The predicted octanol–water partition coefficient (Wildman–Crippen LogP) is 3.69. The summed E-state index contributed by atoms with van der Waals surface area (Å²) in [6.45, 7) is 1.83. The van der Waals surface area contributed by atoms with E-state index in [1.807, 2.05) is 37.3 Å².